The smallest absolute Gasteiger partial charge is 0.0351 e. The Bertz CT molecular complexity index is 108. The summed E-state index contributed by atoms with van der Waals surface area (Å²) in [7, 11) is 0. The lowest BCUT2D eigenvalue weighted by atomic mass is 10.1. The zero-order valence-electron chi connectivity index (χ0n) is 7.97. The third-order valence-electron chi connectivity index (χ3n) is 2.32. The monoisotopic (exact) mass is 180 g/mol. The van der Waals surface area contributed by atoms with Gasteiger partial charge in [0.05, 0.1) is 0 Å². The van der Waals surface area contributed by atoms with Gasteiger partial charge in [-0.1, -0.05) is 31.7 Å². The van der Waals surface area contributed by atoms with Crippen molar-refractivity contribution in [3.05, 3.63) is 24.3 Å². The molecule has 0 nitrogen and oxygen atoms in total. The molecule has 76 valence electrons. The first-order chi connectivity index (χ1) is 6.00. The lowest BCUT2D eigenvalue weighted by Gasteiger charge is -1.97. The van der Waals surface area contributed by atoms with Crippen molar-refractivity contribution in [2.45, 2.75) is 58.8 Å². The first-order valence-electron chi connectivity index (χ1n) is 5.30. The largest absolute Gasteiger partial charge is 0.0885 e. The van der Waals surface area contributed by atoms with Crippen LogP contribution in [0.2, 0.25) is 0 Å². The molecule has 13 heavy (non-hydrogen) atoms. The lowest BCUT2D eigenvalue weighted by Crippen LogP contribution is -1.77. The number of allylic oxidation sites excluding steroid dienone is 4. The molecule has 0 fully saturated rings. The Kier molecular flexibility index (Phi) is 9.18. The maximum atomic E-state index is 2.27. The predicted octanol–water partition coefficient (Wildman–Crippen LogP) is 4.87. The van der Waals surface area contributed by atoms with Crippen LogP contribution < -0.4 is 0 Å². The fourth-order valence-corrected chi connectivity index (χ4v) is 1.52. The molecule has 0 aliphatic heterocycles. The van der Waals surface area contributed by atoms with Crippen LogP contribution in [0.1, 0.15) is 58.8 Å². The van der Waals surface area contributed by atoms with Crippen LogP contribution in [0.25, 0.3) is 0 Å². The molecule has 0 amide bonds. The van der Waals surface area contributed by atoms with Gasteiger partial charge in [0.25, 0.3) is 0 Å². The molecule has 0 saturated heterocycles. The van der Waals surface area contributed by atoms with Crippen molar-refractivity contribution in [3.63, 3.8) is 0 Å². The van der Waals surface area contributed by atoms with Crippen molar-refractivity contribution in [2.24, 2.45) is 0 Å². The Morgan fingerprint density at radius 3 is 0.769 bits per heavy atom. The molecule has 0 N–H and O–H groups in total. The second kappa shape index (κ2) is 9.57. The van der Waals surface area contributed by atoms with Gasteiger partial charge in [0, 0.05) is 0 Å². The molecule has 0 spiro atoms. The van der Waals surface area contributed by atoms with Gasteiger partial charge >= 0.3 is 0 Å². The zero-order valence-corrected chi connectivity index (χ0v) is 7.97. The van der Waals surface area contributed by atoms with E-state index < -0.39 is 0 Å². The third kappa shape index (κ3) is 7.83. The van der Waals surface area contributed by atoms with Gasteiger partial charge in [-0.2, -0.15) is 0 Å². The van der Waals surface area contributed by atoms with Crippen molar-refractivity contribution >= 4 is 0 Å². The van der Waals surface area contributed by atoms with Crippen LogP contribution in [0, 0.1) is 0 Å². The highest BCUT2D eigenvalue weighted by molar-refractivity contribution is 4.85. The van der Waals surface area contributed by atoms with Crippen LogP contribution in [0.5, 0.6) is 0 Å². The lowest BCUT2D eigenvalue weighted by molar-refractivity contribution is 0.730. The number of rotatable bonds is 0. The molecule has 0 aromatic heterocycles. The number of hydrogen-bond acceptors (Lipinski definition) is 0. The standard InChI is InChI=1S/2C6H10.CH4/c2*1-2-4-6-5-3-1;/h2*1-2H,3-6H2;1H4. The summed E-state index contributed by atoms with van der Waals surface area (Å²) in [6, 6.07) is 0. The second-order valence-electron chi connectivity index (χ2n) is 3.51. The van der Waals surface area contributed by atoms with E-state index in [2.05, 4.69) is 24.3 Å². The summed E-state index contributed by atoms with van der Waals surface area (Å²) >= 11 is 0. The van der Waals surface area contributed by atoms with Crippen molar-refractivity contribution in [3.8, 4) is 0 Å². The maximum Gasteiger partial charge on any atom is -0.0351 e. The molecule has 0 atom stereocenters. The minimum absolute atomic E-state index is 0. The van der Waals surface area contributed by atoms with E-state index in [4.69, 9.17) is 0 Å². The fraction of sp³-hybridized carbons (Fsp3) is 0.692. The first-order valence-corrected chi connectivity index (χ1v) is 5.30. The topological polar surface area (TPSA) is 0 Å². The molecule has 2 aliphatic carbocycles. The van der Waals surface area contributed by atoms with Gasteiger partial charge in [-0.15, -0.1) is 0 Å². The highest BCUT2D eigenvalue weighted by atomic mass is 13.9. The van der Waals surface area contributed by atoms with E-state index in [1.165, 1.54) is 51.4 Å². The molecule has 0 aromatic carbocycles. The molecule has 0 aromatic rings. The van der Waals surface area contributed by atoms with E-state index in [1.54, 1.807) is 0 Å². The van der Waals surface area contributed by atoms with Gasteiger partial charge in [-0.3, -0.25) is 0 Å². The third-order valence-corrected chi connectivity index (χ3v) is 2.32. The van der Waals surface area contributed by atoms with Crippen molar-refractivity contribution < 1.29 is 0 Å². The molecule has 2 aliphatic rings. The van der Waals surface area contributed by atoms with Gasteiger partial charge in [-0.05, 0) is 51.4 Å². The summed E-state index contributed by atoms with van der Waals surface area (Å²) in [4.78, 5) is 0. The van der Waals surface area contributed by atoms with E-state index in [0.29, 0.717) is 0 Å². The SMILES string of the molecule is C.C1=CCCCC1.C1=CCCCC1. The summed E-state index contributed by atoms with van der Waals surface area (Å²) in [5.41, 5.74) is 0. The van der Waals surface area contributed by atoms with E-state index in [-0.39, 0.29) is 7.43 Å². The van der Waals surface area contributed by atoms with Crippen LogP contribution >= 0.6 is 0 Å². The van der Waals surface area contributed by atoms with Crippen molar-refractivity contribution in [2.75, 3.05) is 0 Å². The molecule has 0 saturated carbocycles. The van der Waals surface area contributed by atoms with Crippen molar-refractivity contribution in [1.82, 2.24) is 0 Å². The molecule has 0 heteroatoms. The minimum atomic E-state index is 0. The van der Waals surface area contributed by atoms with Crippen LogP contribution in [0.3, 0.4) is 0 Å². The molecule has 2 rings (SSSR count). The van der Waals surface area contributed by atoms with E-state index in [1.807, 2.05) is 0 Å². The minimum Gasteiger partial charge on any atom is -0.0885 e. The summed E-state index contributed by atoms with van der Waals surface area (Å²) in [6.45, 7) is 0. The van der Waals surface area contributed by atoms with Gasteiger partial charge in [-0.25, -0.2) is 0 Å². The normalized spacial score (nSPS) is 19.7. The highest BCUT2D eigenvalue weighted by Crippen LogP contribution is 2.07. The van der Waals surface area contributed by atoms with E-state index in [9.17, 15) is 0 Å². The van der Waals surface area contributed by atoms with Gasteiger partial charge < -0.3 is 0 Å². The summed E-state index contributed by atoms with van der Waals surface area (Å²) in [6.07, 6.45) is 20.0. The Hall–Kier alpha value is -0.520. The first kappa shape index (κ1) is 12.5. The Morgan fingerprint density at radius 1 is 0.462 bits per heavy atom. The zero-order chi connectivity index (χ0) is 8.49. The molecule has 0 bridgehead atoms. The van der Waals surface area contributed by atoms with Gasteiger partial charge in [0.2, 0.25) is 0 Å². The average Bonchev–Trinajstić information content (AvgIpc) is 2.24. The Labute approximate surface area is 83.7 Å². The van der Waals surface area contributed by atoms with E-state index >= 15 is 0 Å². The average molecular weight is 180 g/mol. The summed E-state index contributed by atoms with van der Waals surface area (Å²) in [5, 5.41) is 0. The van der Waals surface area contributed by atoms with Crippen LogP contribution in [0.15, 0.2) is 24.3 Å². The van der Waals surface area contributed by atoms with E-state index in [0.717, 1.165) is 0 Å². The highest BCUT2D eigenvalue weighted by Gasteiger charge is 1.87. The molecule has 0 heterocycles. The fourth-order valence-electron chi connectivity index (χ4n) is 1.52. The summed E-state index contributed by atoms with van der Waals surface area (Å²) in [5.74, 6) is 0. The van der Waals surface area contributed by atoms with Gasteiger partial charge in [0.1, 0.15) is 0 Å². The Balaban J connectivity index is 0.000000206. The molecular weight excluding hydrogens is 156 g/mol. The summed E-state index contributed by atoms with van der Waals surface area (Å²) < 4.78 is 0. The van der Waals surface area contributed by atoms with Crippen LogP contribution in [0.4, 0.5) is 0 Å². The number of hydrogen-bond donors (Lipinski definition) is 0. The van der Waals surface area contributed by atoms with Crippen LogP contribution in [-0.2, 0) is 0 Å². The quantitative estimate of drug-likeness (QED) is 0.466. The maximum absolute atomic E-state index is 2.27. The molecule has 0 radical (unpaired) electrons. The second-order valence-corrected chi connectivity index (χ2v) is 3.51. The van der Waals surface area contributed by atoms with Crippen molar-refractivity contribution in [1.29, 1.82) is 0 Å². The Morgan fingerprint density at radius 2 is 0.692 bits per heavy atom. The van der Waals surface area contributed by atoms with Gasteiger partial charge in [0.15, 0.2) is 0 Å². The molecular formula is C13H24. The van der Waals surface area contributed by atoms with Crippen LogP contribution in [-0.4, -0.2) is 0 Å². The molecule has 0 unspecified atom stereocenters. The predicted molar refractivity (Wildman–Crippen MR) is 61.9 cm³/mol.